The van der Waals surface area contributed by atoms with Gasteiger partial charge in [-0.15, -0.1) is 0 Å². The molecule has 0 N–H and O–H groups in total. The highest BCUT2D eigenvalue weighted by molar-refractivity contribution is 4.77. The number of hydrogen-bond donors (Lipinski definition) is 0. The van der Waals surface area contributed by atoms with E-state index >= 15 is 0 Å². The van der Waals surface area contributed by atoms with Crippen LogP contribution in [-0.2, 0) is 4.74 Å². The lowest BCUT2D eigenvalue weighted by atomic mass is 9.99. The van der Waals surface area contributed by atoms with E-state index in [1.54, 1.807) is 0 Å². The van der Waals surface area contributed by atoms with Gasteiger partial charge >= 0.3 is 0 Å². The summed E-state index contributed by atoms with van der Waals surface area (Å²) >= 11 is 0. The molecule has 0 amide bonds. The summed E-state index contributed by atoms with van der Waals surface area (Å²) < 4.78 is 5.33. The zero-order valence-electron chi connectivity index (χ0n) is 7.85. The molecule has 0 rings (SSSR count). The van der Waals surface area contributed by atoms with E-state index in [9.17, 15) is 0 Å². The van der Waals surface area contributed by atoms with Crippen molar-refractivity contribution in [2.45, 2.75) is 27.7 Å². The molecule has 2 nitrogen and oxygen atoms in total. The lowest BCUT2D eigenvalue weighted by Gasteiger charge is -2.18. The maximum absolute atomic E-state index is 8.43. The third-order valence-electron chi connectivity index (χ3n) is 1.12. The van der Waals surface area contributed by atoms with Crippen LogP contribution in [0.25, 0.3) is 0 Å². The monoisotopic (exact) mass is 155 g/mol. The summed E-state index contributed by atoms with van der Waals surface area (Å²) in [5, 5.41) is 8.43. The van der Waals surface area contributed by atoms with Gasteiger partial charge in [-0.3, -0.25) is 0 Å². The van der Waals surface area contributed by atoms with Crippen LogP contribution in [0.15, 0.2) is 0 Å². The molecular formula is C9H17NO. The van der Waals surface area contributed by atoms with Crippen molar-refractivity contribution in [1.29, 1.82) is 5.26 Å². The smallest absolute Gasteiger partial charge is 0.0677 e. The Bertz CT molecular complexity index is 141. The van der Waals surface area contributed by atoms with Gasteiger partial charge in [0.05, 0.1) is 25.2 Å². The fourth-order valence-electron chi connectivity index (χ4n) is 0.579. The molecule has 11 heavy (non-hydrogen) atoms. The first kappa shape index (κ1) is 10.4. The van der Waals surface area contributed by atoms with Gasteiger partial charge in [0.1, 0.15) is 0 Å². The van der Waals surface area contributed by atoms with Crippen LogP contribution in [0.4, 0.5) is 0 Å². The van der Waals surface area contributed by atoms with Crippen LogP contribution in [0.1, 0.15) is 27.7 Å². The lowest BCUT2D eigenvalue weighted by molar-refractivity contribution is 0.0605. The van der Waals surface area contributed by atoms with E-state index in [2.05, 4.69) is 26.8 Å². The van der Waals surface area contributed by atoms with Crippen molar-refractivity contribution in [3.05, 3.63) is 0 Å². The van der Waals surface area contributed by atoms with Gasteiger partial charge in [0.25, 0.3) is 0 Å². The summed E-state index contributed by atoms with van der Waals surface area (Å²) in [6.45, 7) is 9.48. The van der Waals surface area contributed by atoms with Crippen LogP contribution >= 0.6 is 0 Å². The molecule has 0 saturated heterocycles. The first-order chi connectivity index (χ1) is 4.95. The normalized spacial score (nSPS) is 14.1. The Balaban J connectivity index is 3.37. The summed E-state index contributed by atoms with van der Waals surface area (Å²) in [6, 6.07) is 2.13. The van der Waals surface area contributed by atoms with Crippen molar-refractivity contribution in [1.82, 2.24) is 0 Å². The Morgan fingerprint density at radius 1 is 1.45 bits per heavy atom. The molecule has 0 bridgehead atoms. The van der Waals surface area contributed by atoms with Crippen molar-refractivity contribution < 1.29 is 4.74 Å². The molecule has 0 heterocycles. The van der Waals surface area contributed by atoms with Gasteiger partial charge in [-0.25, -0.2) is 0 Å². The zero-order valence-corrected chi connectivity index (χ0v) is 7.85. The molecule has 0 fully saturated rings. The molecule has 2 heteroatoms. The Hall–Kier alpha value is -0.550. The quantitative estimate of drug-likeness (QED) is 0.626. The second-order valence-corrected chi connectivity index (χ2v) is 4.11. The minimum Gasteiger partial charge on any atom is -0.380 e. The van der Waals surface area contributed by atoms with Crippen molar-refractivity contribution >= 4 is 0 Å². The van der Waals surface area contributed by atoms with Gasteiger partial charge in [0, 0.05) is 0 Å². The molecule has 64 valence electrons. The van der Waals surface area contributed by atoms with Crippen LogP contribution in [0.5, 0.6) is 0 Å². The molecule has 0 aromatic heterocycles. The topological polar surface area (TPSA) is 33.0 Å². The predicted molar refractivity (Wildman–Crippen MR) is 45.1 cm³/mol. The lowest BCUT2D eigenvalue weighted by Crippen LogP contribution is -2.17. The Labute approximate surface area is 69.2 Å². The van der Waals surface area contributed by atoms with E-state index in [1.165, 1.54) is 0 Å². The molecule has 0 radical (unpaired) electrons. The summed E-state index contributed by atoms with van der Waals surface area (Å²) in [7, 11) is 0. The van der Waals surface area contributed by atoms with Crippen molar-refractivity contribution in [2.75, 3.05) is 13.2 Å². The van der Waals surface area contributed by atoms with Gasteiger partial charge in [-0.1, -0.05) is 20.8 Å². The van der Waals surface area contributed by atoms with E-state index in [4.69, 9.17) is 10.00 Å². The highest BCUT2D eigenvalue weighted by atomic mass is 16.5. The molecule has 0 aliphatic heterocycles. The molecular weight excluding hydrogens is 138 g/mol. The first-order valence-electron chi connectivity index (χ1n) is 3.93. The molecule has 0 aromatic rings. The maximum Gasteiger partial charge on any atom is 0.0677 e. The average molecular weight is 155 g/mol. The molecule has 0 saturated carbocycles. The SMILES string of the molecule is CC(C#N)COCC(C)(C)C. The summed E-state index contributed by atoms with van der Waals surface area (Å²) in [5.74, 6) is 0.0114. The van der Waals surface area contributed by atoms with Crippen LogP contribution < -0.4 is 0 Å². The van der Waals surface area contributed by atoms with Gasteiger partial charge < -0.3 is 4.74 Å². The second-order valence-electron chi connectivity index (χ2n) is 4.11. The number of nitriles is 1. The third-order valence-corrected chi connectivity index (χ3v) is 1.12. The summed E-state index contributed by atoms with van der Waals surface area (Å²) in [4.78, 5) is 0. The van der Waals surface area contributed by atoms with Crippen molar-refractivity contribution in [3.8, 4) is 6.07 Å². The highest BCUT2D eigenvalue weighted by Gasteiger charge is 2.10. The molecule has 0 spiro atoms. The van der Waals surface area contributed by atoms with E-state index in [0.717, 1.165) is 6.61 Å². The number of hydrogen-bond acceptors (Lipinski definition) is 2. The maximum atomic E-state index is 8.43. The van der Waals surface area contributed by atoms with E-state index in [1.807, 2.05) is 6.92 Å². The van der Waals surface area contributed by atoms with Crippen molar-refractivity contribution in [2.24, 2.45) is 11.3 Å². The van der Waals surface area contributed by atoms with Crippen LogP contribution in [0.2, 0.25) is 0 Å². The second kappa shape index (κ2) is 4.35. The van der Waals surface area contributed by atoms with E-state index < -0.39 is 0 Å². The predicted octanol–water partition coefficient (Wildman–Crippen LogP) is 2.21. The van der Waals surface area contributed by atoms with Crippen LogP contribution in [0.3, 0.4) is 0 Å². The summed E-state index contributed by atoms with van der Waals surface area (Å²) in [5.41, 5.74) is 0.204. The van der Waals surface area contributed by atoms with Crippen LogP contribution in [-0.4, -0.2) is 13.2 Å². The molecule has 1 unspecified atom stereocenters. The average Bonchev–Trinajstić information content (AvgIpc) is 1.85. The van der Waals surface area contributed by atoms with E-state index in [0.29, 0.717) is 6.61 Å². The first-order valence-corrected chi connectivity index (χ1v) is 3.93. The number of nitrogens with zero attached hydrogens (tertiary/aromatic N) is 1. The van der Waals surface area contributed by atoms with Crippen LogP contribution in [0, 0.1) is 22.7 Å². The molecule has 0 aromatic carbocycles. The Morgan fingerprint density at radius 3 is 2.36 bits per heavy atom. The standard InChI is InChI=1S/C9H17NO/c1-8(5-10)6-11-7-9(2,3)4/h8H,6-7H2,1-4H3. The minimum absolute atomic E-state index is 0.0114. The largest absolute Gasteiger partial charge is 0.380 e. The molecule has 0 aliphatic carbocycles. The summed E-state index contributed by atoms with van der Waals surface area (Å²) in [6.07, 6.45) is 0. The molecule has 0 aliphatic rings. The molecule has 1 atom stereocenters. The van der Waals surface area contributed by atoms with Crippen molar-refractivity contribution in [3.63, 3.8) is 0 Å². The third kappa shape index (κ3) is 7.35. The van der Waals surface area contributed by atoms with Gasteiger partial charge in [-0.2, -0.15) is 5.26 Å². The van der Waals surface area contributed by atoms with E-state index in [-0.39, 0.29) is 11.3 Å². The Morgan fingerprint density at radius 2 is 2.00 bits per heavy atom. The number of ether oxygens (including phenoxy) is 1. The van der Waals surface area contributed by atoms with Gasteiger partial charge in [-0.05, 0) is 12.3 Å². The minimum atomic E-state index is 0.0114. The number of rotatable bonds is 3. The fourth-order valence-corrected chi connectivity index (χ4v) is 0.579. The van der Waals surface area contributed by atoms with Gasteiger partial charge in [0.15, 0.2) is 0 Å². The zero-order chi connectivity index (χ0) is 8.91. The highest BCUT2D eigenvalue weighted by Crippen LogP contribution is 2.13. The Kier molecular flexibility index (Phi) is 4.14. The van der Waals surface area contributed by atoms with Gasteiger partial charge in [0.2, 0.25) is 0 Å². The fraction of sp³-hybridized carbons (Fsp3) is 0.889.